The molecule has 0 aromatic heterocycles. The molecule has 3 amide bonds. The highest BCUT2D eigenvalue weighted by atomic mass is 16.5. The van der Waals surface area contributed by atoms with Crippen LogP contribution in [0.25, 0.3) is 0 Å². The summed E-state index contributed by atoms with van der Waals surface area (Å²) in [5.74, 6) is -0.130. The van der Waals surface area contributed by atoms with Crippen LogP contribution < -0.4 is 4.74 Å². The third-order valence-corrected chi connectivity index (χ3v) is 6.85. The van der Waals surface area contributed by atoms with E-state index in [4.69, 9.17) is 9.47 Å². The SMILES string of the molecule is COC(=O)CN1C(=O)N(CCc2ccc(OC)cc2)C2(CCN(Cc3ccccc3)CC2)C1=O. The predicted octanol–water partition coefficient (Wildman–Crippen LogP) is 2.71. The summed E-state index contributed by atoms with van der Waals surface area (Å²) in [6.07, 6.45) is 1.67. The molecule has 8 nitrogen and oxygen atoms in total. The van der Waals surface area contributed by atoms with E-state index in [0.717, 1.165) is 22.8 Å². The number of esters is 1. The Balaban J connectivity index is 1.51. The Morgan fingerprint density at radius 3 is 2.24 bits per heavy atom. The number of carbonyl (C=O) groups is 3. The van der Waals surface area contributed by atoms with Crippen LogP contribution in [0.1, 0.15) is 24.0 Å². The smallest absolute Gasteiger partial charge is 0.328 e. The lowest BCUT2D eigenvalue weighted by Crippen LogP contribution is -2.56. The number of imide groups is 1. The van der Waals surface area contributed by atoms with Crippen molar-refractivity contribution in [2.75, 3.05) is 40.4 Å². The van der Waals surface area contributed by atoms with Crippen LogP contribution in [0.5, 0.6) is 5.75 Å². The van der Waals surface area contributed by atoms with Crippen LogP contribution in [-0.2, 0) is 27.3 Å². The van der Waals surface area contributed by atoms with E-state index < -0.39 is 17.5 Å². The summed E-state index contributed by atoms with van der Waals surface area (Å²) in [6, 6.07) is 17.5. The van der Waals surface area contributed by atoms with Crippen LogP contribution in [0.3, 0.4) is 0 Å². The number of likely N-dealkylation sites (tertiary alicyclic amines) is 1. The van der Waals surface area contributed by atoms with Crippen molar-refractivity contribution in [3.05, 3.63) is 65.7 Å². The zero-order valence-electron chi connectivity index (χ0n) is 19.7. The van der Waals surface area contributed by atoms with Crippen molar-refractivity contribution >= 4 is 17.9 Å². The number of ether oxygens (including phenoxy) is 2. The van der Waals surface area contributed by atoms with Crippen molar-refractivity contribution in [3.8, 4) is 5.75 Å². The summed E-state index contributed by atoms with van der Waals surface area (Å²) >= 11 is 0. The summed E-state index contributed by atoms with van der Waals surface area (Å²) in [5.41, 5.74) is 1.34. The van der Waals surface area contributed by atoms with Gasteiger partial charge in [-0.15, -0.1) is 0 Å². The first-order valence-corrected chi connectivity index (χ1v) is 11.6. The maximum absolute atomic E-state index is 13.5. The van der Waals surface area contributed by atoms with E-state index in [1.807, 2.05) is 42.5 Å². The standard InChI is InChI=1S/C26H31N3O5/c1-33-22-10-8-20(9-11-22)12-15-29-25(32)28(19-23(30)34-2)24(31)26(29)13-16-27(17-14-26)18-21-6-4-3-5-7-21/h3-11H,12-19H2,1-2H3. The molecular formula is C26H31N3O5. The Labute approximate surface area is 200 Å². The fraction of sp³-hybridized carbons (Fsp3) is 0.423. The molecule has 0 N–H and O–H groups in total. The number of rotatable bonds is 8. The molecule has 2 aliphatic heterocycles. The normalized spacial score (nSPS) is 17.9. The van der Waals surface area contributed by atoms with E-state index in [9.17, 15) is 14.4 Å². The molecule has 180 valence electrons. The molecule has 8 heteroatoms. The topological polar surface area (TPSA) is 79.4 Å². The predicted molar refractivity (Wildman–Crippen MR) is 126 cm³/mol. The maximum atomic E-state index is 13.5. The number of carbonyl (C=O) groups excluding carboxylic acids is 3. The first kappa shape index (κ1) is 23.8. The van der Waals surface area contributed by atoms with Crippen LogP contribution in [0.15, 0.2) is 54.6 Å². The highest BCUT2D eigenvalue weighted by Crippen LogP contribution is 2.38. The van der Waals surface area contributed by atoms with Gasteiger partial charge in [0, 0.05) is 26.2 Å². The molecule has 0 atom stereocenters. The zero-order valence-corrected chi connectivity index (χ0v) is 19.7. The number of piperidine rings is 1. The van der Waals surface area contributed by atoms with Crippen molar-refractivity contribution in [2.45, 2.75) is 31.3 Å². The lowest BCUT2D eigenvalue weighted by atomic mass is 9.85. The second-order valence-electron chi connectivity index (χ2n) is 8.79. The Bertz CT molecular complexity index is 1020. The molecular weight excluding hydrogens is 434 g/mol. The molecule has 2 saturated heterocycles. The van der Waals surface area contributed by atoms with Crippen LogP contribution in [-0.4, -0.2) is 78.5 Å². The van der Waals surface area contributed by atoms with Gasteiger partial charge in [0.2, 0.25) is 0 Å². The van der Waals surface area contributed by atoms with Gasteiger partial charge in [-0.3, -0.25) is 19.4 Å². The Morgan fingerprint density at radius 2 is 1.62 bits per heavy atom. The van der Waals surface area contributed by atoms with Gasteiger partial charge >= 0.3 is 12.0 Å². The van der Waals surface area contributed by atoms with Crippen molar-refractivity contribution in [2.24, 2.45) is 0 Å². The van der Waals surface area contributed by atoms with Crippen molar-refractivity contribution in [1.29, 1.82) is 0 Å². The third kappa shape index (κ3) is 4.77. The second-order valence-corrected chi connectivity index (χ2v) is 8.79. The number of hydrogen-bond donors (Lipinski definition) is 0. The molecule has 2 aliphatic rings. The van der Waals surface area contributed by atoms with Crippen molar-refractivity contribution in [1.82, 2.24) is 14.7 Å². The number of nitrogens with zero attached hydrogens (tertiary/aromatic N) is 3. The highest BCUT2D eigenvalue weighted by Gasteiger charge is 2.58. The lowest BCUT2D eigenvalue weighted by Gasteiger charge is -2.42. The summed E-state index contributed by atoms with van der Waals surface area (Å²) in [5, 5.41) is 0. The fourth-order valence-electron chi connectivity index (χ4n) is 4.86. The molecule has 0 saturated carbocycles. The molecule has 0 aliphatic carbocycles. The average molecular weight is 466 g/mol. The Hall–Kier alpha value is -3.39. The van der Waals surface area contributed by atoms with Gasteiger partial charge in [0.25, 0.3) is 5.91 Å². The minimum absolute atomic E-state index is 0.294. The van der Waals surface area contributed by atoms with E-state index in [0.29, 0.717) is 38.9 Å². The lowest BCUT2D eigenvalue weighted by molar-refractivity contribution is -0.146. The molecule has 2 aromatic carbocycles. The molecule has 2 fully saturated rings. The Morgan fingerprint density at radius 1 is 0.941 bits per heavy atom. The van der Waals surface area contributed by atoms with Gasteiger partial charge in [-0.2, -0.15) is 0 Å². The molecule has 4 rings (SSSR count). The van der Waals surface area contributed by atoms with Gasteiger partial charge in [-0.25, -0.2) is 4.79 Å². The number of hydrogen-bond acceptors (Lipinski definition) is 6. The van der Waals surface area contributed by atoms with Gasteiger partial charge in [0.15, 0.2) is 0 Å². The van der Waals surface area contributed by atoms with E-state index in [1.54, 1.807) is 12.0 Å². The largest absolute Gasteiger partial charge is 0.497 e. The van der Waals surface area contributed by atoms with Gasteiger partial charge in [0.05, 0.1) is 14.2 Å². The van der Waals surface area contributed by atoms with Gasteiger partial charge in [-0.05, 0) is 42.5 Å². The highest BCUT2D eigenvalue weighted by molar-refractivity contribution is 6.08. The van der Waals surface area contributed by atoms with Crippen LogP contribution in [0, 0.1) is 0 Å². The fourth-order valence-corrected chi connectivity index (χ4v) is 4.86. The molecule has 2 aromatic rings. The first-order valence-electron chi connectivity index (χ1n) is 11.6. The van der Waals surface area contributed by atoms with Crippen LogP contribution >= 0.6 is 0 Å². The minimum Gasteiger partial charge on any atom is -0.497 e. The molecule has 0 radical (unpaired) electrons. The van der Waals surface area contributed by atoms with E-state index in [1.165, 1.54) is 12.7 Å². The number of amides is 3. The Kier molecular flexibility index (Phi) is 7.17. The van der Waals surface area contributed by atoms with E-state index >= 15 is 0 Å². The minimum atomic E-state index is -0.926. The monoisotopic (exact) mass is 465 g/mol. The van der Waals surface area contributed by atoms with Crippen molar-refractivity contribution < 1.29 is 23.9 Å². The summed E-state index contributed by atoms with van der Waals surface area (Å²) in [7, 11) is 2.87. The summed E-state index contributed by atoms with van der Waals surface area (Å²) in [6.45, 7) is 2.23. The quantitative estimate of drug-likeness (QED) is 0.441. The van der Waals surface area contributed by atoms with Crippen LogP contribution in [0.4, 0.5) is 4.79 Å². The third-order valence-electron chi connectivity index (χ3n) is 6.85. The molecule has 1 spiro atoms. The molecule has 0 unspecified atom stereocenters. The molecule has 2 heterocycles. The van der Waals surface area contributed by atoms with Crippen LogP contribution in [0.2, 0.25) is 0 Å². The van der Waals surface area contributed by atoms with E-state index in [2.05, 4.69) is 17.0 Å². The maximum Gasteiger partial charge on any atom is 0.328 e. The second kappa shape index (κ2) is 10.3. The number of methoxy groups -OCH3 is 2. The van der Waals surface area contributed by atoms with Gasteiger partial charge in [0.1, 0.15) is 17.8 Å². The van der Waals surface area contributed by atoms with Crippen molar-refractivity contribution in [3.63, 3.8) is 0 Å². The number of benzene rings is 2. The first-order chi connectivity index (χ1) is 16.5. The van der Waals surface area contributed by atoms with Gasteiger partial charge < -0.3 is 14.4 Å². The van der Waals surface area contributed by atoms with Gasteiger partial charge in [-0.1, -0.05) is 42.5 Å². The summed E-state index contributed by atoms with van der Waals surface area (Å²) in [4.78, 5) is 43.8. The average Bonchev–Trinajstić information content (AvgIpc) is 3.06. The summed E-state index contributed by atoms with van der Waals surface area (Å²) < 4.78 is 9.95. The van der Waals surface area contributed by atoms with E-state index in [-0.39, 0.29) is 12.5 Å². The molecule has 34 heavy (non-hydrogen) atoms. The molecule has 0 bridgehead atoms. The zero-order chi connectivity index (χ0) is 24.1. The number of urea groups is 1.